The van der Waals surface area contributed by atoms with E-state index in [1.54, 1.807) is 6.20 Å². The van der Waals surface area contributed by atoms with E-state index in [1.165, 1.54) is 11.1 Å². The second kappa shape index (κ2) is 3.18. The minimum Gasteiger partial charge on any atom is -0.369 e. The molecule has 72 valence electrons. The maximum absolute atomic E-state index is 5.72. The Balaban J connectivity index is 2.57. The summed E-state index contributed by atoms with van der Waals surface area (Å²) in [7, 11) is 0. The number of hydrogen-bond acceptors (Lipinski definition) is 2. The number of aryl methyl sites for hydroxylation is 2. The molecule has 0 spiro atoms. The minimum atomic E-state index is 0.523. The van der Waals surface area contributed by atoms with Gasteiger partial charge in [0.2, 0.25) is 5.95 Å². The van der Waals surface area contributed by atoms with Crippen LogP contribution in [0.4, 0.5) is 5.95 Å². The number of rotatable bonds is 1. The third-order valence-corrected chi connectivity index (χ3v) is 2.15. The number of anilines is 1. The first kappa shape index (κ1) is 8.81. The first-order valence-electron chi connectivity index (χ1n) is 4.54. The first-order valence-corrected chi connectivity index (χ1v) is 4.54. The van der Waals surface area contributed by atoms with E-state index >= 15 is 0 Å². The molecule has 2 aromatic rings. The molecule has 0 unspecified atom stereocenters. The van der Waals surface area contributed by atoms with E-state index in [-0.39, 0.29) is 0 Å². The molecule has 0 aliphatic carbocycles. The van der Waals surface area contributed by atoms with Gasteiger partial charge in [0.15, 0.2) is 0 Å². The number of imidazole rings is 1. The minimum absolute atomic E-state index is 0.523. The van der Waals surface area contributed by atoms with E-state index in [4.69, 9.17) is 5.73 Å². The Labute approximate surface area is 83.2 Å². The van der Waals surface area contributed by atoms with Gasteiger partial charge in [-0.2, -0.15) is 0 Å². The fraction of sp³-hybridized carbons (Fsp3) is 0.182. The van der Waals surface area contributed by atoms with Crippen molar-refractivity contribution in [2.75, 3.05) is 5.73 Å². The Morgan fingerprint density at radius 2 is 1.79 bits per heavy atom. The second-order valence-corrected chi connectivity index (χ2v) is 3.50. The highest BCUT2D eigenvalue weighted by Gasteiger charge is 2.01. The summed E-state index contributed by atoms with van der Waals surface area (Å²) in [6, 6.07) is 6.31. The van der Waals surface area contributed by atoms with Crippen molar-refractivity contribution < 1.29 is 0 Å². The Hall–Kier alpha value is -1.77. The zero-order valence-electron chi connectivity index (χ0n) is 8.36. The van der Waals surface area contributed by atoms with E-state index < -0.39 is 0 Å². The predicted molar refractivity (Wildman–Crippen MR) is 57.5 cm³/mol. The highest BCUT2D eigenvalue weighted by atomic mass is 15.1. The quantitative estimate of drug-likeness (QED) is 0.742. The molecule has 0 amide bonds. The molecule has 0 bridgehead atoms. The number of nitrogens with two attached hydrogens (primary N) is 1. The lowest BCUT2D eigenvalue weighted by Gasteiger charge is -2.06. The maximum Gasteiger partial charge on any atom is 0.204 e. The van der Waals surface area contributed by atoms with E-state index in [0.717, 1.165) is 5.69 Å². The largest absolute Gasteiger partial charge is 0.369 e. The normalized spacial score (nSPS) is 10.4. The second-order valence-electron chi connectivity index (χ2n) is 3.50. The monoisotopic (exact) mass is 187 g/mol. The van der Waals surface area contributed by atoms with Crippen LogP contribution in [0.3, 0.4) is 0 Å². The van der Waals surface area contributed by atoms with Crippen LogP contribution >= 0.6 is 0 Å². The molecule has 3 nitrogen and oxygen atoms in total. The summed E-state index contributed by atoms with van der Waals surface area (Å²) < 4.78 is 1.88. The van der Waals surface area contributed by atoms with Crippen LogP contribution in [0, 0.1) is 13.8 Å². The van der Waals surface area contributed by atoms with Crippen LogP contribution in [-0.4, -0.2) is 9.55 Å². The fourth-order valence-corrected chi connectivity index (χ4v) is 1.62. The molecule has 0 saturated carbocycles. The summed E-state index contributed by atoms with van der Waals surface area (Å²) in [6.45, 7) is 4.15. The molecule has 1 aromatic carbocycles. The number of nitrogen functional groups attached to an aromatic ring is 1. The van der Waals surface area contributed by atoms with E-state index in [1.807, 2.05) is 10.8 Å². The summed E-state index contributed by atoms with van der Waals surface area (Å²) >= 11 is 0. The van der Waals surface area contributed by atoms with E-state index in [9.17, 15) is 0 Å². The molecule has 3 heteroatoms. The smallest absolute Gasteiger partial charge is 0.204 e. The fourth-order valence-electron chi connectivity index (χ4n) is 1.62. The van der Waals surface area contributed by atoms with Crippen molar-refractivity contribution in [2.24, 2.45) is 0 Å². The summed E-state index contributed by atoms with van der Waals surface area (Å²) in [5, 5.41) is 0. The van der Waals surface area contributed by atoms with Crippen molar-refractivity contribution in [1.29, 1.82) is 0 Å². The Morgan fingerprint density at radius 3 is 2.29 bits per heavy atom. The van der Waals surface area contributed by atoms with Crippen molar-refractivity contribution >= 4 is 5.95 Å². The Bertz CT molecular complexity index is 437. The number of nitrogens with zero attached hydrogens (tertiary/aromatic N) is 2. The van der Waals surface area contributed by atoms with Crippen LogP contribution in [-0.2, 0) is 0 Å². The average Bonchev–Trinajstić information content (AvgIpc) is 2.49. The predicted octanol–water partition coefficient (Wildman–Crippen LogP) is 2.07. The summed E-state index contributed by atoms with van der Waals surface area (Å²) in [5.41, 5.74) is 9.25. The van der Waals surface area contributed by atoms with Gasteiger partial charge in [0.25, 0.3) is 0 Å². The lowest BCUT2D eigenvalue weighted by molar-refractivity contribution is 1.06. The van der Waals surface area contributed by atoms with Gasteiger partial charge in [0.1, 0.15) is 0 Å². The molecule has 0 aliphatic heterocycles. The summed E-state index contributed by atoms with van der Waals surface area (Å²) in [4.78, 5) is 3.99. The third kappa shape index (κ3) is 1.48. The number of hydrogen-bond donors (Lipinski definition) is 1. The molecule has 14 heavy (non-hydrogen) atoms. The standard InChI is InChI=1S/C11H13N3/c1-8-5-9(2)7-10(6-8)14-4-3-13-11(14)12/h3-7H,1-2H3,(H2,12,13). The Kier molecular flexibility index (Phi) is 2.00. The van der Waals surface area contributed by atoms with Crippen LogP contribution in [0.5, 0.6) is 0 Å². The summed E-state index contributed by atoms with van der Waals surface area (Å²) in [6.07, 6.45) is 3.57. The molecule has 0 fully saturated rings. The lowest BCUT2D eigenvalue weighted by atomic mass is 10.1. The molecule has 2 rings (SSSR count). The van der Waals surface area contributed by atoms with Crippen molar-refractivity contribution in [3.63, 3.8) is 0 Å². The van der Waals surface area contributed by atoms with Gasteiger partial charge in [-0.05, 0) is 37.1 Å². The molecule has 0 saturated heterocycles. The van der Waals surface area contributed by atoms with Gasteiger partial charge in [-0.1, -0.05) is 6.07 Å². The highest BCUT2D eigenvalue weighted by Crippen LogP contribution is 2.15. The van der Waals surface area contributed by atoms with Crippen molar-refractivity contribution in [1.82, 2.24) is 9.55 Å². The van der Waals surface area contributed by atoms with Gasteiger partial charge in [0.05, 0.1) is 0 Å². The van der Waals surface area contributed by atoms with Crippen molar-refractivity contribution in [3.05, 3.63) is 41.7 Å². The van der Waals surface area contributed by atoms with Gasteiger partial charge >= 0.3 is 0 Å². The molecule has 0 radical (unpaired) electrons. The molecular formula is C11H13N3. The lowest BCUT2D eigenvalue weighted by Crippen LogP contribution is -2.00. The number of benzene rings is 1. The molecule has 2 N–H and O–H groups in total. The van der Waals surface area contributed by atoms with Gasteiger partial charge in [-0.3, -0.25) is 4.57 Å². The molecule has 1 heterocycles. The zero-order valence-corrected chi connectivity index (χ0v) is 8.36. The molecular weight excluding hydrogens is 174 g/mol. The van der Waals surface area contributed by atoms with Gasteiger partial charge in [-0.25, -0.2) is 4.98 Å². The maximum atomic E-state index is 5.72. The van der Waals surface area contributed by atoms with Crippen LogP contribution in [0.15, 0.2) is 30.6 Å². The van der Waals surface area contributed by atoms with Crippen LogP contribution in [0.2, 0.25) is 0 Å². The van der Waals surface area contributed by atoms with E-state index in [0.29, 0.717) is 5.95 Å². The SMILES string of the molecule is Cc1cc(C)cc(-n2ccnc2N)c1. The molecule has 0 aliphatic rings. The molecule has 0 atom stereocenters. The average molecular weight is 187 g/mol. The van der Waals surface area contributed by atoms with Gasteiger partial charge in [0, 0.05) is 18.1 Å². The van der Waals surface area contributed by atoms with Crippen LogP contribution < -0.4 is 5.73 Å². The first-order chi connectivity index (χ1) is 6.66. The van der Waals surface area contributed by atoms with Crippen LogP contribution in [0.1, 0.15) is 11.1 Å². The third-order valence-electron chi connectivity index (χ3n) is 2.15. The van der Waals surface area contributed by atoms with Crippen LogP contribution in [0.25, 0.3) is 5.69 Å². The zero-order chi connectivity index (χ0) is 10.1. The number of aromatic nitrogens is 2. The van der Waals surface area contributed by atoms with Crippen molar-refractivity contribution in [2.45, 2.75) is 13.8 Å². The van der Waals surface area contributed by atoms with Gasteiger partial charge in [-0.15, -0.1) is 0 Å². The molecule has 1 aromatic heterocycles. The van der Waals surface area contributed by atoms with Gasteiger partial charge < -0.3 is 5.73 Å². The summed E-state index contributed by atoms with van der Waals surface area (Å²) in [5.74, 6) is 0.523. The highest BCUT2D eigenvalue weighted by molar-refractivity contribution is 5.43. The van der Waals surface area contributed by atoms with Crippen molar-refractivity contribution in [3.8, 4) is 5.69 Å². The van der Waals surface area contributed by atoms with E-state index in [2.05, 4.69) is 37.0 Å². The topological polar surface area (TPSA) is 43.8 Å². The Morgan fingerprint density at radius 1 is 1.14 bits per heavy atom.